The highest BCUT2D eigenvalue weighted by molar-refractivity contribution is 7.89. The van der Waals surface area contributed by atoms with Crippen molar-refractivity contribution in [3.8, 4) is 0 Å². The second-order valence-corrected chi connectivity index (χ2v) is 7.29. The van der Waals surface area contributed by atoms with E-state index < -0.39 is 10.0 Å². The van der Waals surface area contributed by atoms with Crippen LogP contribution in [-0.4, -0.2) is 46.5 Å². The first-order valence-electron chi connectivity index (χ1n) is 7.24. The second-order valence-electron chi connectivity index (χ2n) is 5.61. The van der Waals surface area contributed by atoms with Gasteiger partial charge < -0.3 is 10.2 Å². The fraction of sp³-hybridized carbons (Fsp3) is 0.600. The fourth-order valence-corrected chi connectivity index (χ4v) is 3.84. The molecule has 1 unspecified atom stereocenters. The zero-order valence-electron chi connectivity index (χ0n) is 13.6. The van der Waals surface area contributed by atoms with Crippen LogP contribution in [0.5, 0.6) is 0 Å². The molecule has 0 spiro atoms. The van der Waals surface area contributed by atoms with E-state index in [4.69, 9.17) is 0 Å². The molecule has 0 amide bonds. The fourth-order valence-electron chi connectivity index (χ4n) is 2.32. The van der Waals surface area contributed by atoms with Crippen molar-refractivity contribution >= 4 is 10.0 Å². The van der Waals surface area contributed by atoms with Crippen LogP contribution in [-0.2, 0) is 16.6 Å². The van der Waals surface area contributed by atoms with Gasteiger partial charge in [-0.15, -0.1) is 0 Å². The van der Waals surface area contributed by atoms with E-state index >= 15 is 0 Å². The minimum Gasteiger partial charge on any atom is -0.313 e. The highest BCUT2D eigenvalue weighted by atomic mass is 32.2. The van der Waals surface area contributed by atoms with E-state index in [9.17, 15) is 8.42 Å². The molecule has 0 heterocycles. The highest BCUT2D eigenvalue weighted by Crippen LogP contribution is 2.19. The van der Waals surface area contributed by atoms with Crippen LogP contribution in [0.2, 0.25) is 0 Å². The highest BCUT2D eigenvalue weighted by Gasteiger charge is 2.20. The standard InChI is InChI=1S/C15H27N3O2S/c1-6-16-10-14-8-7-9-15(13(14)3)21(19,20)17-12(2)11-18(4)5/h7-9,12,16-17H,6,10-11H2,1-5H3. The third-order valence-electron chi connectivity index (χ3n) is 3.25. The molecule has 6 heteroatoms. The number of likely N-dealkylation sites (N-methyl/N-ethyl adjacent to an activating group) is 1. The number of rotatable bonds is 8. The summed E-state index contributed by atoms with van der Waals surface area (Å²) in [5.74, 6) is 0. The molecule has 5 nitrogen and oxygen atoms in total. The number of hydrogen-bond acceptors (Lipinski definition) is 4. The van der Waals surface area contributed by atoms with Crippen LogP contribution in [0.15, 0.2) is 23.1 Å². The van der Waals surface area contributed by atoms with Gasteiger partial charge in [-0.05, 0) is 51.7 Å². The molecule has 120 valence electrons. The van der Waals surface area contributed by atoms with E-state index in [1.165, 1.54) is 0 Å². The van der Waals surface area contributed by atoms with Gasteiger partial charge in [0.1, 0.15) is 0 Å². The van der Waals surface area contributed by atoms with Crippen LogP contribution in [0.1, 0.15) is 25.0 Å². The number of sulfonamides is 1. The molecule has 0 aromatic heterocycles. The van der Waals surface area contributed by atoms with Crippen molar-refractivity contribution in [2.75, 3.05) is 27.2 Å². The predicted molar refractivity (Wildman–Crippen MR) is 86.9 cm³/mol. The molecule has 0 radical (unpaired) electrons. The van der Waals surface area contributed by atoms with Crippen LogP contribution < -0.4 is 10.0 Å². The second kappa shape index (κ2) is 7.89. The lowest BCUT2D eigenvalue weighted by molar-refractivity contribution is 0.370. The smallest absolute Gasteiger partial charge is 0.241 e. The summed E-state index contributed by atoms with van der Waals surface area (Å²) in [5.41, 5.74) is 1.82. The molecule has 1 atom stereocenters. The molecule has 0 fully saturated rings. The quantitative estimate of drug-likeness (QED) is 0.760. The van der Waals surface area contributed by atoms with Gasteiger partial charge in [0.15, 0.2) is 0 Å². The third-order valence-corrected chi connectivity index (χ3v) is 4.98. The summed E-state index contributed by atoms with van der Waals surface area (Å²) in [6.07, 6.45) is 0. The van der Waals surface area contributed by atoms with Gasteiger partial charge in [0.25, 0.3) is 0 Å². The normalized spacial score (nSPS) is 13.6. The van der Waals surface area contributed by atoms with Crippen LogP contribution in [0.25, 0.3) is 0 Å². The van der Waals surface area contributed by atoms with E-state index in [0.29, 0.717) is 18.0 Å². The average molecular weight is 313 g/mol. The summed E-state index contributed by atoms with van der Waals surface area (Å²) in [6.45, 7) is 7.95. The largest absolute Gasteiger partial charge is 0.313 e. The van der Waals surface area contributed by atoms with Crippen molar-refractivity contribution in [1.29, 1.82) is 0 Å². The predicted octanol–water partition coefficient (Wildman–Crippen LogP) is 1.33. The third kappa shape index (κ3) is 5.39. The average Bonchev–Trinajstić information content (AvgIpc) is 2.35. The monoisotopic (exact) mass is 313 g/mol. The van der Waals surface area contributed by atoms with Gasteiger partial charge in [-0.3, -0.25) is 0 Å². The topological polar surface area (TPSA) is 61.4 Å². The molecule has 0 aliphatic carbocycles. The Morgan fingerprint density at radius 1 is 1.29 bits per heavy atom. The molecule has 1 rings (SSSR count). The minimum atomic E-state index is -3.49. The van der Waals surface area contributed by atoms with Gasteiger partial charge in [0.05, 0.1) is 4.90 Å². The number of benzene rings is 1. The molecule has 1 aromatic carbocycles. The Morgan fingerprint density at radius 2 is 1.95 bits per heavy atom. The Labute approximate surface area is 128 Å². The Morgan fingerprint density at radius 3 is 2.52 bits per heavy atom. The minimum absolute atomic E-state index is 0.137. The molecule has 2 N–H and O–H groups in total. The molecule has 21 heavy (non-hydrogen) atoms. The van der Waals surface area contributed by atoms with Crippen molar-refractivity contribution in [1.82, 2.24) is 14.9 Å². The first-order valence-corrected chi connectivity index (χ1v) is 8.72. The van der Waals surface area contributed by atoms with Crippen LogP contribution in [0.4, 0.5) is 0 Å². The van der Waals surface area contributed by atoms with Gasteiger partial charge in [-0.1, -0.05) is 19.1 Å². The molecular formula is C15H27N3O2S. The summed E-state index contributed by atoms with van der Waals surface area (Å²) in [7, 11) is 0.360. The maximum Gasteiger partial charge on any atom is 0.241 e. The van der Waals surface area contributed by atoms with E-state index in [2.05, 4.69) is 10.0 Å². The summed E-state index contributed by atoms with van der Waals surface area (Å²) < 4.78 is 27.8. The van der Waals surface area contributed by atoms with E-state index in [1.54, 1.807) is 12.1 Å². The van der Waals surface area contributed by atoms with Crippen molar-refractivity contribution in [3.63, 3.8) is 0 Å². The summed E-state index contributed by atoms with van der Waals surface area (Å²) in [6, 6.07) is 5.28. The first kappa shape index (κ1) is 18.1. The number of nitrogens with one attached hydrogen (secondary N) is 2. The van der Waals surface area contributed by atoms with Gasteiger partial charge in [-0.25, -0.2) is 13.1 Å². The zero-order valence-corrected chi connectivity index (χ0v) is 14.4. The molecule has 0 bridgehead atoms. The molecule has 0 aliphatic heterocycles. The van der Waals surface area contributed by atoms with Crippen LogP contribution in [0, 0.1) is 6.92 Å². The van der Waals surface area contributed by atoms with Gasteiger partial charge in [0.2, 0.25) is 10.0 Å². The first-order chi connectivity index (χ1) is 9.77. The van der Waals surface area contributed by atoms with Gasteiger partial charge >= 0.3 is 0 Å². The van der Waals surface area contributed by atoms with Crippen LogP contribution in [0.3, 0.4) is 0 Å². The zero-order chi connectivity index (χ0) is 16.0. The Hall–Kier alpha value is -0.950. The number of hydrogen-bond donors (Lipinski definition) is 2. The summed E-state index contributed by atoms with van der Waals surface area (Å²) in [4.78, 5) is 2.32. The molecule has 1 aromatic rings. The molecule has 0 saturated heterocycles. The van der Waals surface area contributed by atoms with Crippen molar-refractivity contribution in [3.05, 3.63) is 29.3 Å². The van der Waals surface area contributed by atoms with Crippen molar-refractivity contribution in [2.24, 2.45) is 0 Å². The number of nitrogens with zero attached hydrogens (tertiary/aromatic N) is 1. The molecular weight excluding hydrogens is 286 g/mol. The lowest BCUT2D eigenvalue weighted by Gasteiger charge is -2.19. The summed E-state index contributed by atoms with van der Waals surface area (Å²) >= 11 is 0. The van der Waals surface area contributed by atoms with Gasteiger partial charge in [0, 0.05) is 19.1 Å². The van der Waals surface area contributed by atoms with Gasteiger partial charge in [-0.2, -0.15) is 0 Å². The Bertz CT molecular complexity index is 556. The van der Waals surface area contributed by atoms with E-state index in [-0.39, 0.29) is 6.04 Å². The lowest BCUT2D eigenvalue weighted by atomic mass is 10.1. The molecule has 0 saturated carbocycles. The maximum absolute atomic E-state index is 12.5. The van der Waals surface area contributed by atoms with E-state index in [0.717, 1.165) is 17.7 Å². The van der Waals surface area contributed by atoms with Crippen molar-refractivity contribution < 1.29 is 8.42 Å². The lowest BCUT2D eigenvalue weighted by Crippen LogP contribution is -2.39. The Kier molecular flexibility index (Phi) is 6.80. The summed E-state index contributed by atoms with van der Waals surface area (Å²) in [5, 5.41) is 3.23. The van der Waals surface area contributed by atoms with Crippen LogP contribution >= 0.6 is 0 Å². The molecule has 0 aliphatic rings. The maximum atomic E-state index is 12.5. The van der Waals surface area contributed by atoms with E-state index in [1.807, 2.05) is 45.8 Å². The Balaban J connectivity index is 2.97. The van der Waals surface area contributed by atoms with Crippen molar-refractivity contribution in [2.45, 2.75) is 38.3 Å². The SMILES string of the molecule is CCNCc1cccc(S(=O)(=O)NC(C)CN(C)C)c1C.